The molecular formula is C23H29N3O3. The zero-order valence-corrected chi connectivity index (χ0v) is 17.5. The maximum atomic E-state index is 12.9. The van der Waals surface area contributed by atoms with Crippen LogP contribution in [0.5, 0.6) is 5.75 Å². The molecule has 2 aromatic carbocycles. The molecule has 0 radical (unpaired) electrons. The van der Waals surface area contributed by atoms with E-state index < -0.39 is 5.41 Å². The van der Waals surface area contributed by atoms with E-state index in [4.69, 9.17) is 4.74 Å². The van der Waals surface area contributed by atoms with Crippen molar-refractivity contribution in [2.45, 2.75) is 33.6 Å². The van der Waals surface area contributed by atoms with Crippen LogP contribution in [0.3, 0.4) is 0 Å². The number of benzene rings is 2. The number of ether oxygens (including phenoxy) is 1. The molecule has 0 heterocycles. The van der Waals surface area contributed by atoms with Crippen molar-refractivity contribution in [3.8, 4) is 5.75 Å². The quantitative estimate of drug-likeness (QED) is 0.657. The summed E-state index contributed by atoms with van der Waals surface area (Å²) in [5.74, 6) is 0.199. The van der Waals surface area contributed by atoms with Gasteiger partial charge in [-0.15, -0.1) is 0 Å². The van der Waals surface area contributed by atoms with Gasteiger partial charge >= 0.3 is 0 Å². The van der Waals surface area contributed by atoms with E-state index in [0.29, 0.717) is 24.3 Å². The molecule has 0 saturated heterocycles. The number of nitrogens with zero attached hydrogens (tertiary/aromatic N) is 1. The number of carbonyl (C=O) groups excluding carboxylic acids is 2. The lowest BCUT2D eigenvalue weighted by atomic mass is 10.0. The second kappa shape index (κ2) is 8.55. The van der Waals surface area contributed by atoms with Crippen molar-refractivity contribution in [1.29, 1.82) is 0 Å². The van der Waals surface area contributed by atoms with Gasteiger partial charge < -0.3 is 20.3 Å². The van der Waals surface area contributed by atoms with Crippen LogP contribution in [0.2, 0.25) is 0 Å². The smallest absolute Gasteiger partial charge is 0.240 e. The number of hydrogen-bond donors (Lipinski definition) is 2. The third-order valence-corrected chi connectivity index (χ3v) is 5.55. The number of methoxy groups -OCH3 is 1. The number of anilines is 3. The average Bonchev–Trinajstić information content (AvgIpc) is 3.53. The third-order valence-electron chi connectivity index (χ3n) is 5.55. The van der Waals surface area contributed by atoms with Gasteiger partial charge in [0.05, 0.1) is 7.11 Å². The zero-order valence-electron chi connectivity index (χ0n) is 17.5. The highest BCUT2D eigenvalue weighted by Crippen LogP contribution is 2.47. The molecule has 154 valence electrons. The van der Waals surface area contributed by atoms with Gasteiger partial charge in [0, 0.05) is 30.2 Å². The van der Waals surface area contributed by atoms with Crippen LogP contribution in [0.15, 0.2) is 42.5 Å². The van der Waals surface area contributed by atoms with Crippen LogP contribution in [0.25, 0.3) is 0 Å². The minimum atomic E-state index is -0.996. The highest BCUT2D eigenvalue weighted by atomic mass is 16.5. The van der Waals surface area contributed by atoms with Crippen LogP contribution in [0.4, 0.5) is 17.1 Å². The molecule has 0 unspecified atom stereocenters. The Hall–Kier alpha value is -3.02. The van der Waals surface area contributed by atoms with Crippen LogP contribution >= 0.6 is 0 Å². The summed E-state index contributed by atoms with van der Waals surface area (Å²) in [6, 6.07) is 13.1. The first-order valence-electron chi connectivity index (χ1n) is 10.1. The second-order valence-electron chi connectivity index (χ2n) is 7.39. The van der Waals surface area contributed by atoms with Crippen molar-refractivity contribution in [2.75, 3.05) is 35.7 Å². The van der Waals surface area contributed by atoms with Crippen LogP contribution in [-0.4, -0.2) is 32.0 Å². The molecule has 0 atom stereocenters. The van der Waals surface area contributed by atoms with Gasteiger partial charge in [-0.1, -0.05) is 0 Å². The van der Waals surface area contributed by atoms with Gasteiger partial charge in [-0.25, -0.2) is 0 Å². The van der Waals surface area contributed by atoms with Gasteiger partial charge in [0.25, 0.3) is 0 Å². The van der Waals surface area contributed by atoms with Gasteiger partial charge in [0.2, 0.25) is 11.8 Å². The molecule has 2 aromatic rings. The van der Waals surface area contributed by atoms with Gasteiger partial charge in [0.1, 0.15) is 11.2 Å². The molecule has 1 aliphatic carbocycles. The molecule has 0 aromatic heterocycles. The van der Waals surface area contributed by atoms with E-state index in [1.54, 1.807) is 31.4 Å². The Kier molecular flexibility index (Phi) is 6.11. The van der Waals surface area contributed by atoms with Gasteiger partial charge in [-0.05, 0) is 81.6 Å². The number of hydrogen-bond acceptors (Lipinski definition) is 4. The summed E-state index contributed by atoms with van der Waals surface area (Å²) in [5.41, 5.74) is 2.51. The second-order valence-corrected chi connectivity index (χ2v) is 7.39. The van der Waals surface area contributed by atoms with Crippen molar-refractivity contribution < 1.29 is 14.3 Å². The van der Waals surface area contributed by atoms with E-state index in [1.807, 2.05) is 19.1 Å². The lowest BCUT2D eigenvalue weighted by Gasteiger charge is -2.22. The summed E-state index contributed by atoms with van der Waals surface area (Å²) in [5, 5.41) is 5.82. The molecule has 0 bridgehead atoms. The van der Waals surface area contributed by atoms with Crippen LogP contribution in [0.1, 0.15) is 32.3 Å². The normalized spacial score (nSPS) is 14.1. The van der Waals surface area contributed by atoms with E-state index in [9.17, 15) is 9.59 Å². The highest BCUT2D eigenvalue weighted by molar-refractivity contribution is 6.17. The van der Waals surface area contributed by atoms with Crippen molar-refractivity contribution in [3.63, 3.8) is 0 Å². The maximum Gasteiger partial charge on any atom is 0.240 e. The summed E-state index contributed by atoms with van der Waals surface area (Å²) >= 11 is 0. The van der Waals surface area contributed by atoms with E-state index in [0.717, 1.165) is 30.0 Å². The molecule has 0 aliphatic heterocycles. The molecule has 0 spiro atoms. The molecular weight excluding hydrogens is 366 g/mol. The SMILES string of the molecule is CCN(CC)c1ccc(NC(=O)C2(C(=O)Nc3ccc(OC)cc3)CC2)c(C)c1. The predicted octanol–water partition coefficient (Wildman–Crippen LogP) is 4.21. The molecule has 6 heteroatoms. The molecule has 2 amide bonds. The number of aryl methyl sites for hydroxylation is 1. The predicted molar refractivity (Wildman–Crippen MR) is 117 cm³/mol. The first-order valence-corrected chi connectivity index (χ1v) is 10.1. The van der Waals surface area contributed by atoms with E-state index in [-0.39, 0.29) is 11.8 Å². The Labute approximate surface area is 172 Å². The fourth-order valence-corrected chi connectivity index (χ4v) is 3.42. The van der Waals surface area contributed by atoms with Gasteiger partial charge in [-0.2, -0.15) is 0 Å². The number of carbonyl (C=O) groups is 2. The lowest BCUT2D eigenvalue weighted by Crippen LogP contribution is -2.35. The van der Waals surface area contributed by atoms with Crippen molar-refractivity contribution in [1.82, 2.24) is 0 Å². The van der Waals surface area contributed by atoms with E-state index in [2.05, 4.69) is 35.4 Å². The molecule has 29 heavy (non-hydrogen) atoms. The van der Waals surface area contributed by atoms with Crippen LogP contribution < -0.4 is 20.3 Å². The standard InChI is InChI=1S/C23H29N3O3/c1-5-26(6-2)18-9-12-20(16(3)15-18)25-22(28)23(13-14-23)21(27)24-17-7-10-19(29-4)11-8-17/h7-12,15H,5-6,13-14H2,1-4H3,(H,24,27)(H,25,28). The van der Waals surface area contributed by atoms with Crippen LogP contribution in [-0.2, 0) is 9.59 Å². The molecule has 1 fully saturated rings. The van der Waals surface area contributed by atoms with Gasteiger partial charge in [0.15, 0.2) is 0 Å². The summed E-state index contributed by atoms with van der Waals surface area (Å²) < 4.78 is 5.13. The molecule has 1 saturated carbocycles. The van der Waals surface area contributed by atoms with E-state index in [1.165, 1.54) is 0 Å². The Morgan fingerprint density at radius 3 is 2.14 bits per heavy atom. The summed E-state index contributed by atoms with van der Waals surface area (Å²) in [6.07, 6.45) is 1.11. The minimum absolute atomic E-state index is 0.248. The Morgan fingerprint density at radius 2 is 1.62 bits per heavy atom. The van der Waals surface area contributed by atoms with Crippen molar-refractivity contribution in [2.24, 2.45) is 5.41 Å². The summed E-state index contributed by atoms with van der Waals surface area (Å²) in [4.78, 5) is 27.9. The molecule has 2 N–H and O–H groups in total. The Bertz CT molecular complexity index is 885. The minimum Gasteiger partial charge on any atom is -0.497 e. The lowest BCUT2D eigenvalue weighted by molar-refractivity contribution is -0.131. The summed E-state index contributed by atoms with van der Waals surface area (Å²) in [7, 11) is 1.59. The summed E-state index contributed by atoms with van der Waals surface area (Å²) in [6.45, 7) is 8.06. The fraction of sp³-hybridized carbons (Fsp3) is 0.391. The number of nitrogens with one attached hydrogen (secondary N) is 2. The fourth-order valence-electron chi connectivity index (χ4n) is 3.42. The zero-order chi connectivity index (χ0) is 21.0. The monoisotopic (exact) mass is 395 g/mol. The molecule has 3 rings (SSSR count). The number of amides is 2. The largest absolute Gasteiger partial charge is 0.497 e. The molecule has 6 nitrogen and oxygen atoms in total. The third kappa shape index (κ3) is 4.36. The first-order chi connectivity index (χ1) is 13.9. The van der Waals surface area contributed by atoms with Crippen LogP contribution in [0, 0.1) is 12.3 Å². The first kappa shape index (κ1) is 20.7. The van der Waals surface area contributed by atoms with Crippen molar-refractivity contribution >= 4 is 28.9 Å². The Balaban J connectivity index is 1.68. The topological polar surface area (TPSA) is 70.7 Å². The molecule has 1 aliphatic rings. The highest BCUT2D eigenvalue weighted by Gasteiger charge is 2.56. The van der Waals surface area contributed by atoms with Gasteiger partial charge in [-0.3, -0.25) is 9.59 Å². The number of rotatable bonds is 8. The maximum absolute atomic E-state index is 12.9. The average molecular weight is 396 g/mol. The van der Waals surface area contributed by atoms with Crippen molar-refractivity contribution in [3.05, 3.63) is 48.0 Å². The Morgan fingerprint density at radius 1 is 1.00 bits per heavy atom. The van der Waals surface area contributed by atoms with E-state index >= 15 is 0 Å².